The molecule has 0 atom stereocenters. The van der Waals surface area contributed by atoms with Crippen molar-refractivity contribution in [1.29, 1.82) is 0 Å². The van der Waals surface area contributed by atoms with Gasteiger partial charge in [0.05, 0.1) is 12.3 Å². The SMILES string of the molecule is COCc1ccc(-c2nc(CC(C)C)c(C(=O)O)s2)cc1. The molecule has 0 saturated carbocycles. The Hall–Kier alpha value is -1.72. The van der Waals surface area contributed by atoms with Gasteiger partial charge in [0.1, 0.15) is 9.88 Å². The number of hydrogen-bond donors (Lipinski definition) is 1. The Morgan fingerprint density at radius 1 is 1.33 bits per heavy atom. The highest BCUT2D eigenvalue weighted by molar-refractivity contribution is 7.17. The number of benzene rings is 1. The van der Waals surface area contributed by atoms with Crippen molar-refractivity contribution in [2.24, 2.45) is 5.92 Å². The zero-order chi connectivity index (χ0) is 15.4. The number of hydrogen-bond acceptors (Lipinski definition) is 4. The summed E-state index contributed by atoms with van der Waals surface area (Å²) in [6.45, 7) is 4.69. The van der Waals surface area contributed by atoms with Crippen LogP contribution in [-0.4, -0.2) is 23.2 Å². The molecular weight excluding hydrogens is 286 g/mol. The molecule has 1 N–H and O–H groups in total. The largest absolute Gasteiger partial charge is 0.477 e. The Kier molecular flexibility index (Phi) is 5.09. The number of carboxylic acid groups (broad SMARTS) is 1. The molecular formula is C16H19NO3S. The molecule has 112 valence electrons. The van der Waals surface area contributed by atoms with Crippen molar-refractivity contribution in [3.8, 4) is 10.6 Å². The highest BCUT2D eigenvalue weighted by Gasteiger charge is 2.18. The minimum Gasteiger partial charge on any atom is -0.477 e. The van der Waals surface area contributed by atoms with Crippen molar-refractivity contribution in [2.75, 3.05) is 7.11 Å². The highest BCUT2D eigenvalue weighted by atomic mass is 32.1. The Morgan fingerprint density at radius 2 is 2.00 bits per heavy atom. The van der Waals surface area contributed by atoms with E-state index in [1.807, 2.05) is 24.3 Å². The van der Waals surface area contributed by atoms with Crippen molar-refractivity contribution in [2.45, 2.75) is 26.9 Å². The first kappa shape index (κ1) is 15.7. The van der Waals surface area contributed by atoms with Gasteiger partial charge in [-0.1, -0.05) is 38.1 Å². The number of ether oxygens (including phenoxy) is 1. The smallest absolute Gasteiger partial charge is 0.347 e. The molecule has 0 radical (unpaired) electrons. The molecule has 2 aromatic rings. The zero-order valence-corrected chi connectivity index (χ0v) is 13.2. The molecule has 1 heterocycles. The van der Waals surface area contributed by atoms with E-state index < -0.39 is 5.97 Å². The molecule has 0 fully saturated rings. The monoisotopic (exact) mass is 305 g/mol. The summed E-state index contributed by atoms with van der Waals surface area (Å²) in [6.07, 6.45) is 0.680. The molecule has 21 heavy (non-hydrogen) atoms. The third-order valence-electron chi connectivity index (χ3n) is 3.01. The summed E-state index contributed by atoms with van der Waals surface area (Å²) in [4.78, 5) is 16.2. The minimum absolute atomic E-state index is 0.347. The summed E-state index contributed by atoms with van der Waals surface area (Å²) in [7, 11) is 1.66. The van der Waals surface area contributed by atoms with Crippen LogP contribution in [0.3, 0.4) is 0 Å². The van der Waals surface area contributed by atoms with Gasteiger partial charge in [-0.25, -0.2) is 9.78 Å². The predicted octanol–water partition coefficient (Wildman–Crippen LogP) is 3.85. The number of thiazole rings is 1. The second-order valence-corrected chi connectivity index (χ2v) is 6.33. The number of aromatic carboxylic acids is 1. The highest BCUT2D eigenvalue weighted by Crippen LogP contribution is 2.29. The van der Waals surface area contributed by atoms with E-state index in [4.69, 9.17) is 4.74 Å². The molecule has 0 amide bonds. The fourth-order valence-corrected chi connectivity index (χ4v) is 3.01. The Morgan fingerprint density at radius 3 is 2.52 bits per heavy atom. The minimum atomic E-state index is -0.898. The van der Waals surface area contributed by atoms with E-state index in [2.05, 4.69) is 18.8 Å². The van der Waals surface area contributed by atoms with Gasteiger partial charge >= 0.3 is 5.97 Å². The van der Waals surface area contributed by atoms with E-state index in [0.29, 0.717) is 29.5 Å². The van der Waals surface area contributed by atoms with Crippen molar-refractivity contribution < 1.29 is 14.6 Å². The quantitative estimate of drug-likeness (QED) is 0.880. The summed E-state index contributed by atoms with van der Waals surface area (Å²) < 4.78 is 5.08. The lowest BCUT2D eigenvalue weighted by Gasteiger charge is -2.02. The maximum Gasteiger partial charge on any atom is 0.347 e. The van der Waals surface area contributed by atoms with Crippen LogP contribution in [0.15, 0.2) is 24.3 Å². The molecule has 0 aliphatic carbocycles. The van der Waals surface area contributed by atoms with Crippen LogP contribution in [0.25, 0.3) is 10.6 Å². The van der Waals surface area contributed by atoms with E-state index >= 15 is 0 Å². The summed E-state index contributed by atoms with van der Waals surface area (Å²) in [5.74, 6) is -0.521. The van der Waals surface area contributed by atoms with Crippen LogP contribution in [0.2, 0.25) is 0 Å². The van der Waals surface area contributed by atoms with Crippen LogP contribution >= 0.6 is 11.3 Å². The third kappa shape index (κ3) is 3.89. The van der Waals surface area contributed by atoms with E-state index in [9.17, 15) is 9.90 Å². The van der Waals surface area contributed by atoms with E-state index in [0.717, 1.165) is 16.1 Å². The molecule has 0 unspecified atom stereocenters. The first-order chi connectivity index (χ1) is 10.0. The fourth-order valence-electron chi connectivity index (χ4n) is 2.08. The standard InChI is InChI=1S/C16H19NO3S/c1-10(2)8-13-14(16(18)19)21-15(17-13)12-6-4-11(5-7-12)9-20-3/h4-7,10H,8-9H2,1-3H3,(H,18,19). The Balaban J connectivity index is 2.33. The summed E-state index contributed by atoms with van der Waals surface area (Å²) in [5, 5.41) is 10.1. The lowest BCUT2D eigenvalue weighted by molar-refractivity contribution is 0.0700. The van der Waals surface area contributed by atoms with Crippen LogP contribution in [0.4, 0.5) is 0 Å². The molecule has 0 aliphatic heterocycles. The van der Waals surface area contributed by atoms with Gasteiger partial charge in [-0.2, -0.15) is 0 Å². The van der Waals surface area contributed by atoms with Crippen molar-refractivity contribution >= 4 is 17.3 Å². The molecule has 1 aromatic carbocycles. The average Bonchev–Trinajstić information content (AvgIpc) is 2.83. The lowest BCUT2D eigenvalue weighted by atomic mass is 10.1. The number of carbonyl (C=O) groups is 1. The van der Waals surface area contributed by atoms with E-state index in [1.165, 1.54) is 11.3 Å². The number of carboxylic acids is 1. The van der Waals surface area contributed by atoms with Gasteiger partial charge in [0.25, 0.3) is 0 Å². The zero-order valence-electron chi connectivity index (χ0n) is 12.4. The van der Waals surface area contributed by atoms with Crippen molar-refractivity contribution in [3.63, 3.8) is 0 Å². The van der Waals surface area contributed by atoms with Gasteiger partial charge in [0.15, 0.2) is 0 Å². The fraction of sp³-hybridized carbons (Fsp3) is 0.375. The van der Waals surface area contributed by atoms with Crippen LogP contribution < -0.4 is 0 Å². The molecule has 2 rings (SSSR count). The second-order valence-electron chi connectivity index (χ2n) is 5.33. The van der Waals surface area contributed by atoms with Gasteiger partial charge in [0.2, 0.25) is 0 Å². The summed E-state index contributed by atoms with van der Waals surface area (Å²) in [6, 6.07) is 7.86. The molecule has 5 heteroatoms. The van der Waals surface area contributed by atoms with Gasteiger partial charge < -0.3 is 9.84 Å². The summed E-state index contributed by atoms with van der Waals surface area (Å²) in [5.41, 5.74) is 2.70. The van der Waals surface area contributed by atoms with Crippen LogP contribution in [0, 0.1) is 5.92 Å². The molecule has 0 bridgehead atoms. The Bertz CT molecular complexity index is 617. The van der Waals surface area contributed by atoms with Gasteiger partial charge in [0, 0.05) is 12.7 Å². The first-order valence-electron chi connectivity index (χ1n) is 6.82. The van der Waals surface area contributed by atoms with Gasteiger partial charge in [-0.05, 0) is 17.9 Å². The van der Waals surface area contributed by atoms with E-state index in [-0.39, 0.29) is 0 Å². The molecule has 0 aliphatic rings. The molecule has 4 nitrogen and oxygen atoms in total. The van der Waals surface area contributed by atoms with Crippen LogP contribution in [0.1, 0.15) is 34.8 Å². The van der Waals surface area contributed by atoms with Crippen molar-refractivity contribution in [1.82, 2.24) is 4.98 Å². The predicted molar refractivity (Wildman–Crippen MR) is 83.8 cm³/mol. The third-order valence-corrected chi connectivity index (χ3v) is 4.14. The maximum absolute atomic E-state index is 11.3. The van der Waals surface area contributed by atoms with Crippen molar-refractivity contribution in [3.05, 3.63) is 40.4 Å². The number of aromatic nitrogens is 1. The molecule has 1 aromatic heterocycles. The number of nitrogens with zero attached hydrogens (tertiary/aromatic N) is 1. The van der Waals surface area contributed by atoms with Crippen LogP contribution in [-0.2, 0) is 17.8 Å². The van der Waals surface area contributed by atoms with Gasteiger partial charge in [-0.15, -0.1) is 11.3 Å². The van der Waals surface area contributed by atoms with Crippen LogP contribution in [0.5, 0.6) is 0 Å². The van der Waals surface area contributed by atoms with E-state index in [1.54, 1.807) is 7.11 Å². The molecule has 0 saturated heterocycles. The number of methoxy groups -OCH3 is 1. The second kappa shape index (κ2) is 6.83. The summed E-state index contributed by atoms with van der Waals surface area (Å²) >= 11 is 1.24. The van der Waals surface area contributed by atoms with Gasteiger partial charge in [-0.3, -0.25) is 0 Å². The molecule has 0 spiro atoms. The number of rotatable bonds is 6. The average molecular weight is 305 g/mol. The topological polar surface area (TPSA) is 59.4 Å². The lowest BCUT2D eigenvalue weighted by Crippen LogP contribution is -2.02. The Labute approximate surface area is 128 Å². The normalized spacial score (nSPS) is 11.0. The maximum atomic E-state index is 11.3. The first-order valence-corrected chi connectivity index (χ1v) is 7.64.